The summed E-state index contributed by atoms with van der Waals surface area (Å²) in [6, 6.07) is 8.96. The largest absolute Gasteiger partial charge is 0.497 e. The Kier molecular flexibility index (Phi) is 6.81. The number of ketones is 1. The van der Waals surface area contributed by atoms with Crippen LogP contribution in [0.15, 0.2) is 34.0 Å². The van der Waals surface area contributed by atoms with Crippen LogP contribution in [-0.2, 0) is 11.8 Å². The van der Waals surface area contributed by atoms with Crippen molar-refractivity contribution in [2.24, 2.45) is 7.05 Å². The first-order chi connectivity index (χ1) is 15.2. The number of thioether (sulfide) groups is 1. The zero-order chi connectivity index (χ0) is 23.6. The SMILES string of the molecule is COc1ccc(/C=C2\SC(=S)N(CCC(=O)c3c(C)c(C#N)c(=O)n(C)c3O)C2=O)cc1. The molecule has 10 heteroatoms. The van der Waals surface area contributed by atoms with Gasteiger partial charge in [0.1, 0.15) is 21.7 Å². The lowest BCUT2D eigenvalue weighted by molar-refractivity contribution is -0.122. The minimum atomic E-state index is -0.681. The molecule has 1 aromatic heterocycles. The number of ether oxygens (including phenoxy) is 1. The molecular formula is C22H19N3O5S2. The maximum Gasteiger partial charge on any atom is 0.271 e. The molecule has 1 fully saturated rings. The molecule has 0 aliphatic carbocycles. The molecule has 1 aliphatic heterocycles. The molecule has 1 aromatic carbocycles. The van der Waals surface area contributed by atoms with Crippen LogP contribution >= 0.6 is 24.0 Å². The number of hydrogen-bond donors (Lipinski definition) is 1. The topological polar surface area (TPSA) is 113 Å². The van der Waals surface area contributed by atoms with Gasteiger partial charge >= 0.3 is 0 Å². The van der Waals surface area contributed by atoms with Crippen LogP contribution in [0.2, 0.25) is 0 Å². The van der Waals surface area contributed by atoms with Crippen LogP contribution in [0.1, 0.15) is 33.5 Å². The average Bonchev–Trinajstić information content (AvgIpc) is 3.04. The van der Waals surface area contributed by atoms with E-state index in [2.05, 4.69) is 0 Å². The van der Waals surface area contributed by atoms with Crippen LogP contribution in [0.25, 0.3) is 6.08 Å². The van der Waals surface area contributed by atoms with E-state index in [4.69, 9.17) is 17.0 Å². The van der Waals surface area contributed by atoms with Gasteiger partial charge in [0.2, 0.25) is 5.88 Å². The fourth-order valence-electron chi connectivity index (χ4n) is 3.23. The van der Waals surface area contributed by atoms with Crippen molar-refractivity contribution in [3.63, 3.8) is 0 Å². The second-order valence-corrected chi connectivity index (χ2v) is 8.63. The average molecular weight is 470 g/mol. The van der Waals surface area contributed by atoms with Gasteiger partial charge in [0.15, 0.2) is 5.78 Å². The standard InChI is InChI=1S/C22H19N3O5S2/c1-12-15(11-23)19(27)24(2)21(29)18(12)16(26)8-9-25-20(28)17(32-22(25)31)10-13-4-6-14(30-3)7-5-13/h4-7,10,29H,8-9H2,1-3H3/b17-10-. The lowest BCUT2D eigenvalue weighted by atomic mass is 10.00. The number of rotatable bonds is 6. The summed E-state index contributed by atoms with van der Waals surface area (Å²) in [7, 11) is 2.85. The molecule has 0 atom stereocenters. The molecular weight excluding hydrogens is 450 g/mol. The second kappa shape index (κ2) is 9.38. The van der Waals surface area contributed by atoms with Crippen LogP contribution in [0.3, 0.4) is 0 Å². The van der Waals surface area contributed by atoms with E-state index < -0.39 is 17.2 Å². The first-order valence-electron chi connectivity index (χ1n) is 9.44. The first-order valence-corrected chi connectivity index (χ1v) is 10.7. The van der Waals surface area contributed by atoms with E-state index in [1.807, 2.05) is 12.1 Å². The van der Waals surface area contributed by atoms with Gasteiger partial charge in [-0.25, -0.2) is 0 Å². The molecule has 1 aliphatic rings. The third-order valence-electron chi connectivity index (χ3n) is 5.05. The van der Waals surface area contributed by atoms with Crippen molar-refractivity contribution in [3.05, 3.63) is 61.8 Å². The van der Waals surface area contributed by atoms with Crippen molar-refractivity contribution in [2.75, 3.05) is 13.7 Å². The number of carbonyl (C=O) groups excluding carboxylic acids is 2. The van der Waals surface area contributed by atoms with E-state index in [1.165, 1.54) is 18.9 Å². The van der Waals surface area contributed by atoms with Gasteiger partial charge in [-0.05, 0) is 36.3 Å². The smallest absolute Gasteiger partial charge is 0.271 e. The highest BCUT2D eigenvalue weighted by atomic mass is 32.2. The highest BCUT2D eigenvalue weighted by Gasteiger charge is 2.33. The van der Waals surface area contributed by atoms with Crippen LogP contribution < -0.4 is 10.3 Å². The summed E-state index contributed by atoms with van der Waals surface area (Å²) >= 11 is 6.45. The minimum Gasteiger partial charge on any atom is -0.497 e. The van der Waals surface area contributed by atoms with E-state index >= 15 is 0 Å². The highest BCUT2D eigenvalue weighted by Crippen LogP contribution is 2.33. The maximum atomic E-state index is 12.8. The summed E-state index contributed by atoms with van der Waals surface area (Å²) in [6.45, 7) is 1.44. The molecule has 2 aromatic rings. The Morgan fingerprint density at radius 3 is 2.56 bits per heavy atom. The molecule has 0 spiro atoms. The number of carbonyl (C=O) groups is 2. The Balaban J connectivity index is 1.78. The molecule has 0 unspecified atom stereocenters. The minimum absolute atomic E-state index is 0.00700. The van der Waals surface area contributed by atoms with Gasteiger partial charge in [-0.1, -0.05) is 36.1 Å². The molecule has 8 nitrogen and oxygen atoms in total. The number of amides is 1. The number of nitriles is 1. The van der Waals surface area contributed by atoms with Crippen molar-refractivity contribution in [1.29, 1.82) is 5.26 Å². The lowest BCUT2D eigenvalue weighted by Crippen LogP contribution is -2.31. The molecule has 3 rings (SSSR count). The maximum absolute atomic E-state index is 12.8. The van der Waals surface area contributed by atoms with Gasteiger partial charge in [0.25, 0.3) is 11.5 Å². The summed E-state index contributed by atoms with van der Waals surface area (Å²) in [5.74, 6) is -0.631. The molecule has 1 amide bonds. The van der Waals surface area contributed by atoms with Crippen LogP contribution in [-0.4, -0.2) is 44.2 Å². The summed E-state index contributed by atoms with van der Waals surface area (Å²) in [6.07, 6.45) is 1.57. The Morgan fingerprint density at radius 1 is 1.31 bits per heavy atom. The Hall–Kier alpha value is -3.42. The van der Waals surface area contributed by atoms with E-state index in [0.29, 0.717) is 15.0 Å². The zero-order valence-corrected chi connectivity index (χ0v) is 19.2. The monoisotopic (exact) mass is 469 g/mol. The first kappa shape index (κ1) is 23.2. The fourth-order valence-corrected chi connectivity index (χ4v) is 4.54. The number of thiocarbonyl (C=S) groups is 1. The van der Waals surface area contributed by atoms with Crippen molar-refractivity contribution in [1.82, 2.24) is 9.47 Å². The predicted octanol–water partition coefficient (Wildman–Crippen LogP) is 2.75. The number of benzene rings is 1. The summed E-state index contributed by atoms with van der Waals surface area (Å²) in [5.41, 5.74) is -0.0794. The van der Waals surface area contributed by atoms with Crippen molar-refractivity contribution < 1.29 is 19.4 Å². The number of pyridine rings is 1. The van der Waals surface area contributed by atoms with Crippen molar-refractivity contribution in [2.45, 2.75) is 13.3 Å². The van der Waals surface area contributed by atoms with Gasteiger partial charge in [0.05, 0.1) is 17.6 Å². The molecule has 0 radical (unpaired) electrons. The summed E-state index contributed by atoms with van der Waals surface area (Å²) in [5, 5.41) is 19.5. The molecule has 32 heavy (non-hydrogen) atoms. The number of nitrogens with zero attached hydrogens (tertiary/aromatic N) is 3. The predicted molar refractivity (Wildman–Crippen MR) is 125 cm³/mol. The Labute approximate surface area is 193 Å². The van der Waals surface area contributed by atoms with E-state index in [-0.39, 0.29) is 35.6 Å². The van der Waals surface area contributed by atoms with Crippen molar-refractivity contribution in [3.8, 4) is 17.7 Å². The van der Waals surface area contributed by atoms with Gasteiger partial charge in [0, 0.05) is 20.0 Å². The zero-order valence-electron chi connectivity index (χ0n) is 17.5. The number of methoxy groups -OCH3 is 1. The highest BCUT2D eigenvalue weighted by molar-refractivity contribution is 8.26. The molecule has 0 saturated carbocycles. The molecule has 0 bridgehead atoms. The van der Waals surface area contributed by atoms with Crippen LogP contribution in [0.5, 0.6) is 11.6 Å². The molecule has 1 saturated heterocycles. The second-order valence-electron chi connectivity index (χ2n) is 6.95. The Morgan fingerprint density at radius 2 is 1.97 bits per heavy atom. The van der Waals surface area contributed by atoms with Crippen molar-refractivity contribution >= 4 is 46.1 Å². The van der Waals surface area contributed by atoms with Gasteiger partial charge < -0.3 is 9.84 Å². The van der Waals surface area contributed by atoms with E-state index in [9.17, 15) is 24.8 Å². The van der Waals surface area contributed by atoms with E-state index in [1.54, 1.807) is 31.4 Å². The number of aromatic hydroxyl groups is 1. The summed E-state index contributed by atoms with van der Waals surface area (Å²) in [4.78, 5) is 39.5. The number of aromatic nitrogens is 1. The van der Waals surface area contributed by atoms with Crippen LogP contribution in [0.4, 0.5) is 0 Å². The molecule has 164 valence electrons. The third kappa shape index (κ3) is 4.30. The molecule has 1 N–H and O–H groups in total. The molecule has 2 heterocycles. The quantitative estimate of drug-likeness (QED) is 0.390. The van der Waals surface area contributed by atoms with Gasteiger partial charge in [-0.15, -0.1) is 0 Å². The fraction of sp³-hybridized carbons (Fsp3) is 0.227. The summed E-state index contributed by atoms with van der Waals surface area (Å²) < 4.78 is 6.30. The number of Topliss-reactive ketones (excluding diaryl/α,β-unsaturated/α-hetero) is 1. The van der Waals surface area contributed by atoms with Crippen LogP contribution in [0, 0.1) is 18.3 Å². The third-order valence-corrected chi connectivity index (χ3v) is 6.43. The lowest BCUT2D eigenvalue weighted by Gasteiger charge is -2.16. The normalized spacial score (nSPS) is 14.7. The van der Waals surface area contributed by atoms with E-state index in [0.717, 1.165) is 21.9 Å². The van der Waals surface area contributed by atoms with Gasteiger partial charge in [-0.2, -0.15) is 5.26 Å². The van der Waals surface area contributed by atoms with Gasteiger partial charge in [-0.3, -0.25) is 23.9 Å². The number of hydrogen-bond acceptors (Lipinski definition) is 8. The Bertz CT molecular complexity index is 1260.